The number of rotatable bonds is 3. The molecule has 0 heterocycles. The van der Waals surface area contributed by atoms with Crippen LogP contribution in [0.1, 0.15) is 29.8 Å². The molecular formula is C11H14O4S. The van der Waals surface area contributed by atoms with Crippen LogP contribution < -0.4 is 0 Å². The molecule has 0 saturated heterocycles. The van der Waals surface area contributed by atoms with Gasteiger partial charge in [0.15, 0.2) is 9.84 Å². The number of hydrogen-bond donors (Lipinski definition) is 1. The molecule has 0 spiro atoms. The lowest BCUT2D eigenvalue weighted by Gasteiger charge is -2.23. The molecule has 0 aliphatic carbocycles. The van der Waals surface area contributed by atoms with E-state index in [-0.39, 0.29) is 5.56 Å². The topological polar surface area (TPSA) is 71.4 Å². The maximum Gasteiger partial charge on any atom is 0.335 e. The van der Waals surface area contributed by atoms with E-state index in [9.17, 15) is 13.2 Å². The van der Waals surface area contributed by atoms with Gasteiger partial charge in [0.2, 0.25) is 0 Å². The van der Waals surface area contributed by atoms with E-state index in [1.54, 1.807) is 13.8 Å². The van der Waals surface area contributed by atoms with Gasteiger partial charge in [0.1, 0.15) is 0 Å². The lowest BCUT2D eigenvalue weighted by atomic mass is 10.0. The van der Waals surface area contributed by atoms with E-state index in [0.29, 0.717) is 5.56 Å². The van der Waals surface area contributed by atoms with Gasteiger partial charge in [-0.2, -0.15) is 0 Å². The highest BCUT2D eigenvalue weighted by Gasteiger charge is 2.32. The Kier molecular flexibility index (Phi) is 3.10. The number of carboxylic acid groups (broad SMARTS) is 1. The highest BCUT2D eigenvalue weighted by atomic mass is 32.2. The summed E-state index contributed by atoms with van der Waals surface area (Å²) in [6.45, 7) is 3.19. The van der Waals surface area contributed by atoms with Crippen LogP contribution in [0.4, 0.5) is 0 Å². The van der Waals surface area contributed by atoms with Crippen LogP contribution in [0.3, 0.4) is 0 Å². The third kappa shape index (κ3) is 2.24. The molecule has 1 aromatic carbocycles. The van der Waals surface area contributed by atoms with Gasteiger partial charge in [0, 0.05) is 6.26 Å². The largest absolute Gasteiger partial charge is 0.478 e. The summed E-state index contributed by atoms with van der Waals surface area (Å²) >= 11 is 0. The second-order valence-corrected chi connectivity index (χ2v) is 6.73. The number of carbonyl (C=O) groups is 1. The van der Waals surface area contributed by atoms with Crippen LogP contribution in [0, 0.1) is 0 Å². The lowest BCUT2D eigenvalue weighted by molar-refractivity contribution is 0.0697. The minimum atomic E-state index is -3.24. The zero-order valence-corrected chi connectivity index (χ0v) is 10.2. The normalized spacial score (nSPS) is 12.4. The second-order valence-electron chi connectivity index (χ2n) is 4.16. The Morgan fingerprint density at radius 1 is 1.19 bits per heavy atom. The molecule has 0 atom stereocenters. The van der Waals surface area contributed by atoms with E-state index in [4.69, 9.17) is 5.11 Å². The lowest BCUT2D eigenvalue weighted by Crippen LogP contribution is -2.28. The first-order chi connectivity index (χ1) is 7.16. The van der Waals surface area contributed by atoms with Crippen molar-refractivity contribution in [2.24, 2.45) is 0 Å². The van der Waals surface area contributed by atoms with Crippen molar-refractivity contribution in [1.82, 2.24) is 0 Å². The summed E-state index contributed by atoms with van der Waals surface area (Å²) in [6, 6.07) is 5.88. The fourth-order valence-electron chi connectivity index (χ4n) is 1.23. The van der Waals surface area contributed by atoms with E-state index in [0.717, 1.165) is 6.26 Å². The van der Waals surface area contributed by atoms with Gasteiger partial charge >= 0.3 is 5.97 Å². The van der Waals surface area contributed by atoms with Crippen molar-refractivity contribution in [2.45, 2.75) is 18.6 Å². The predicted octanol–water partition coefficient (Wildman–Crippen LogP) is 1.66. The van der Waals surface area contributed by atoms with E-state index in [1.807, 2.05) is 0 Å². The van der Waals surface area contributed by atoms with Crippen LogP contribution in [-0.4, -0.2) is 25.7 Å². The van der Waals surface area contributed by atoms with Crippen molar-refractivity contribution in [3.05, 3.63) is 35.4 Å². The molecule has 0 aromatic heterocycles. The first-order valence-corrected chi connectivity index (χ1v) is 6.59. The van der Waals surface area contributed by atoms with Gasteiger partial charge in [0.05, 0.1) is 10.3 Å². The zero-order chi connectivity index (χ0) is 12.6. The second kappa shape index (κ2) is 3.90. The smallest absolute Gasteiger partial charge is 0.335 e. The summed E-state index contributed by atoms with van der Waals surface area (Å²) in [5.41, 5.74) is 0.730. The first-order valence-electron chi connectivity index (χ1n) is 4.69. The van der Waals surface area contributed by atoms with Gasteiger partial charge in [-0.15, -0.1) is 0 Å². The molecule has 0 unspecified atom stereocenters. The number of aromatic carboxylic acids is 1. The van der Waals surface area contributed by atoms with Crippen molar-refractivity contribution in [3.8, 4) is 0 Å². The molecule has 4 nitrogen and oxygen atoms in total. The van der Waals surface area contributed by atoms with Crippen molar-refractivity contribution >= 4 is 15.8 Å². The number of carboxylic acids is 1. The van der Waals surface area contributed by atoms with E-state index in [2.05, 4.69) is 0 Å². The van der Waals surface area contributed by atoms with Crippen LogP contribution in [-0.2, 0) is 14.6 Å². The maximum atomic E-state index is 11.6. The van der Waals surface area contributed by atoms with Gasteiger partial charge in [-0.05, 0) is 31.5 Å². The minimum Gasteiger partial charge on any atom is -0.478 e. The van der Waals surface area contributed by atoms with Gasteiger partial charge < -0.3 is 5.11 Å². The van der Waals surface area contributed by atoms with Gasteiger partial charge in [-0.3, -0.25) is 0 Å². The Labute approximate surface area is 94.8 Å². The summed E-state index contributed by atoms with van der Waals surface area (Å²) in [7, 11) is -3.24. The van der Waals surface area contributed by atoms with Crippen LogP contribution in [0.5, 0.6) is 0 Å². The molecule has 1 aromatic rings. The molecule has 0 fully saturated rings. The van der Waals surface area contributed by atoms with Gasteiger partial charge in [-0.1, -0.05) is 12.1 Å². The molecule has 0 saturated carbocycles. The van der Waals surface area contributed by atoms with Crippen molar-refractivity contribution in [2.75, 3.05) is 6.26 Å². The molecule has 1 rings (SSSR count). The summed E-state index contributed by atoms with van der Waals surface area (Å²) in [5.74, 6) is -1.02. The molecule has 0 aliphatic heterocycles. The SMILES string of the molecule is CC(C)(c1ccc(C(=O)O)cc1)S(C)(=O)=O. The van der Waals surface area contributed by atoms with E-state index in [1.165, 1.54) is 24.3 Å². The molecule has 5 heteroatoms. The molecule has 0 amide bonds. The zero-order valence-electron chi connectivity index (χ0n) is 9.39. The molecule has 1 N–H and O–H groups in total. The quantitative estimate of drug-likeness (QED) is 0.875. The third-order valence-corrected chi connectivity index (χ3v) is 4.84. The molecule has 0 aliphatic rings. The van der Waals surface area contributed by atoms with Gasteiger partial charge in [0.25, 0.3) is 0 Å². The van der Waals surface area contributed by atoms with Crippen molar-refractivity contribution < 1.29 is 18.3 Å². The number of sulfone groups is 1. The van der Waals surface area contributed by atoms with Crippen LogP contribution in [0.2, 0.25) is 0 Å². The molecular weight excluding hydrogens is 228 g/mol. The predicted molar refractivity (Wildman–Crippen MR) is 61.3 cm³/mol. The highest BCUT2D eigenvalue weighted by Crippen LogP contribution is 2.28. The Hall–Kier alpha value is -1.36. The maximum absolute atomic E-state index is 11.6. The minimum absolute atomic E-state index is 0.146. The fourth-order valence-corrected chi connectivity index (χ4v) is 1.79. The number of benzene rings is 1. The summed E-state index contributed by atoms with van der Waals surface area (Å²) in [5, 5.41) is 8.72. The summed E-state index contributed by atoms with van der Waals surface area (Å²) in [6.07, 6.45) is 1.16. The van der Waals surface area contributed by atoms with E-state index >= 15 is 0 Å². The monoisotopic (exact) mass is 242 g/mol. The van der Waals surface area contributed by atoms with Gasteiger partial charge in [-0.25, -0.2) is 13.2 Å². The molecule has 88 valence electrons. The number of hydrogen-bond acceptors (Lipinski definition) is 3. The molecule has 0 radical (unpaired) electrons. The Morgan fingerprint density at radius 3 is 1.94 bits per heavy atom. The highest BCUT2D eigenvalue weighted by molar-refractivity contribution is 7.91. The third-order valence-electron chi connectivity index (χ3n) is 2.75. The first kappa shape index (κ1) is 12.7. The Balaban J connectivity index is 3.22. The Morgan fingerprint density at radius 2 is 1.62 bits per heavy atom. The molecule has 16 heavy (non-hydrogen) atoms. The van der Waals surface area contributed by atoms with Crippen LogP contribution >= 0.6 is 0 Å². The summed E-state index contributed by atoms with van der Waals surface area (Å²) < 4.78 is 22.1. The fraction of sp³-hybridized carbons (Fsp3) is 0.364. The standard InChI is InChI=1S/C11H14O4S/c1-11(2,16(3,14)15)9-6-4-8(5-7-9)10(12)13/h4-7H,1-3H3,(H,12,13). The van der Waals surface area contributed by atoms with Crippen LogP contribution in [0.25, 0.3) is 0 Å². The van der Waals surface area contributed by atoms with Crippen LogP contribution in [0.15, 0.2) is 24.3 Å². The molecule has 0 bridgehead atoms. The van der Waals surface area contributed by atoms with Crippen molar-refractivity contribution in [3.63, 3.8) is 0 Å². The van der Waals surface area contributed by atoms with E-state index < -0.39 is 20.6 Å². The average Bonchev–Trinajstić information content (AvgIpc) is 2.16. The van der Waals surface area contributed by atoms with Crippen molar-refractivity contribution in [1.29, 1.82) is 0 Å². The Bertz CT molecular complexity index is 497. The average molecular weight is 242 g/mol. The summed E-state index contributed by atoms with van der Waals surface area (Å²) in [4.78, 5) is 10.6.